The van der Waals surface area contributed by atoms with E-state index in [1.165, 1.54) is 16.7 Å². The Morgan fingerprint density at radius 3 is 0.828 bits per heavy atom. The number of phenolic OH excluding ortho intramolecular Hbond substituents is 1. The fraction of sp³-hybridized carbons (Fsp3) is 0.170. The van der Waals surface area contributed by atoms with Gasteiger partial charge in [0, 0.05) is 44.3 Å². The lowest BCUT2D eigenvalue weighted by Crippen LogP contribution is -1.91. The van der Waals surface area contributed by atoms with E-state index in [0.717, 1.165) is 89.4 Å². The molecule has 0 saturated carbocycles. The Hall–Kier alpha value is -6.72. The summed E-state index contributed by atoms with van der Waals surface area (Å²) in [6.07, 6.45) is 8.53. The molecule has 2 aliphatic heterocycles. The van der Waals surface area contributed by atoms with Crippen molar-refractivity contribution >= 4 is 46.4 Å². The number of nitrogens with one attached hydrogen (secondary N) is 2. The van der Waals surface area contributed by atoms with Crippen LogP contribution in [0.5, 0.6) is 5.75 Å². The van der Waals surface area contributed by atoms with Crippen LogP contribution < -0.4 is 0 Å². The number of H-pyrrole nitrogens is 2. The first-order valence-corrected chi connectivity index (χ1v) is 20.4. The topological polar surface area (TPSA) is 77.6 Å². The van der Waals surface area contributed by atoms with Crippen molar-refractivity contribution in [1.29, 1.82) is 0 Å². The van der Waals surface area contributed by atoms with Gasteiger partial charge in [0.05, 0.1) is 22.8 Å². The van der Waals surface area contributed by atoms with Crippen LogP contribution in [0.15, 0.2) is 121 Å². The molecule has 0 aliphatic carbocycles. The lowest BCUT2D eigenvalue weighted by atomic mass is 9.98. The van der Waals surface area contributed by atoms with E-state index in [4.69, 9.17) is 9.97 Å². The van der Waals surface area contributed by atoms with E-state index in [0.29, 0.717) is 17.8 Å². The van der Waals surface area contributed by atoms with Crippen molar-refractivity contribution in [3.05, 3.63) is 161 Å². The third-order valence-electron chi connectivity index (χ3n) is 11.5. The van der Waals surface area contributed by atoms with Gasteiger partial charge in [0.2, 0.25) is 0 Å². The van der Waals surface area contributed by atoms with Crippen LogP contribution in [0.25, 0.3) is 90.9 Å². The molecule has 5 nitrogen and oxygen atoms in total. The van der Waals surface area contributed by atoms with Gasteiger partial charge in [-0.25, -0.2) is 9.97 Å². The van der Waals surface area contributed by atoms with Crippen molar-refractivity contribution in [2.45, 2.75) is 59.3 Å². The van der Waals surface area contributed by atoms with Gasteiger partial charge in [0.15, 0.2) is 0 Å². The molecule has 0 saturated heterocycles. The molecule has 0 spiro atoms. The molecule has 3 aromatic heterocycles. The Labute approximate surface area is 340 Å². The third kappa shape index (κ3) is 6.87. The van der Waals surface area contributed by atoms with Crippen molar-refractivity contribution in [3.63, 3.8) is 0 Å². The Morgan fingerprint density at radius 2 is 0.586 bits per heavy atom. The molecule has 4 aromatic carbocycles. The zero-order chi connectivity index (χ0) is 40.1. The van der Waals surface area contributed by atoms with Crippen molar-refractivity contribution in [2.24, 2.45) is 0 Å². The molecule has 58 heavy (non-hydrogen) atoms. The molecule has 0 fully saturated rings. The number of rotatable bonds is 7. The molecule has 0 radical (unpaired) electrons. The molecule has 7 aromatic rings. The van der Waals surface area contributed by atoms with Crippen LogP contribution in [0, 0.1) is 0 Å². The molecule has 2 aliphatic rings. The summed E-state index contributed by atoms with van der Waals surface area (Å²) in [6.45, 7) is 13.4. The average molecular weight is 757 g/mol. The molecule has 0 amide bonds. The van der Waals surface area contributed by atoms with Crippen molar-refractivity contribution in [2.75, 3.05) is 0 Å². The predicted octanol–water partition coefficient (Wildman–Crippen LogP) is 14.4. The van der Waals surface area contributed by atoms with Crippen LogP contribution in [0.2, 0.25) is 0 Å². The van der Waals surface area contributed by atoms with E-state index < -0.39 is 0 Å². The monoisotopic (exact) mass is 756 g/mol. The maximum absolute atomic E-state index is 10.3. The molecule has 0 unspecified atom stereocenters. The minimum absolute atomic E-state index is 0.217. The number of fused-ring (bicyclic) bond motifs is 8. The van der Waals surface area contributed by atoms with Gasteiger partial charge < -0.3 is 15.1 Å². The summed E-state index contributed by atoms with van der Waals surface area (Å²) in [7, 11) is 0. The molecule has 8 bridgehead atoms. The number of aromatic nitrogens is 4. The highest BCUT2D eigenvalue weighted by atomic mass is 16.3. The maximum Gasteiger partial charge on any atom is 0.115 e. The van der Waals surface area contributed by atoms with Gasteiger partial charge in [-0.15, -0.1) is 0 Å². The van der Waals surface area contributed by atoms with E-state index in [-0.39, 0.29) is 5.75 Å². The normalized spacial score (nSPS) is 12.4. The summed E-state index contributed by atoms with van der Waals surface area (Å²) in [4.78, 5) is 18.6. The number of hydrogen-bond donors (Lipinski definition) is 3. The SMILES string of the molecule is CC(C)c1ccc(-c2c3nc(c(-c4ccc(C(C)C)cc4)c4ccc([nH]4)c(-c4ccc(C(C)C)cc4)c4nc(c(-c5ccc(O)cc5)c5ccc2[nH]5)C=C4)C=C3)cc1. The van der Waals surface area contributed by atoms with Gasteiger partial charge in [-0.3, -0.25) is 0 Å². The summed E-state index contributed by atoms with van der Waals surface area (Å²) >= 11 is 0. The number of nitrogens with zero attached hydrogens (tertiary/aromatic N) is 2. The predicted molar refractivity (Wildman–Crippen MR) is 245 cm³/mol. The Bertz CT molecular complexity index is 2840. The lowest BCUT2D eigenvalue weighted by Gasteiger charge is -2.10. The zero-order valence-electron chi connectivity index (χ0n) is 33.9. The van der Waals surface area contributed by atoms with Crippen LogP contribution in [-0.4, -0.2) is 25.0 Å². The Balaban J connectivity index is 1.43. The van der Waals surface area contributed by atoms with Crippen LogP contribution >= 0.6 is 0 Å². The van der Waals surface area contributed by atoms with Gasteiger partial charge in [0.1, 0.15) is 5.75 Å². The first-order chi connectivity index (χ1) is 28.1. The number of aromatic hydroxyl groups is 1. The molecule has 0 atom stereocenters. The Kier molecular flexibility index (Phi) is 9.53. The minimum atomic E-state index is 0.217. The van der Waals surface area contributed by atoms with E-state index in [9.17, 15) is 5.11 Å². The molecular weight excluding hydrogens is 709 g/mol. The van der Waals surface area contributed by atoms with Gasteiger partial charge in [-0.2, -0.15) is 0 Å². The second-order valence-electron chi connectivity index (χ2n) is 16.4. The highest BCUT2D eigenvalue weighted by Gasteiger charge is 2.19. The summed E-state index contributed by atoms with van der Waals surface area (Å²) < 4.78 is 0. The summed E-state index contributed by atoms with van der Waals surface area (Å²) in [5.74, 6) is 1.48. The van der Waals surface area contributed by atoms with Gasteiger partial charge in [0.25, 0.3) is 0 Å². The number of aromatic amines is 2. The number of phenols is 1. The second kappa shape index (κ2) is 15.0. The number of hydrogen-bond acceptors (Lipinski definition) is 3. The quantitative estimate of drug-likeness (QED) is 0.152. The van der Waals surface area contributed by atoms with Crippen LogP contribution in [0.3, 0.4) is 0 Å². The van der Waals surface area contributed by atoms with Gasteiger partial charge in [-0.1, -0.05) is 126 Å². The highest BCUT2D eigenvalue weighted by molar-refractivity contribution is 5.99. The minimum Gasteiger partial charge on any atom is -0.508 e. The standard InChI is InChI=1S/C53H48N4O/c1-31(2)34-7-13-37(14-8-34)50-42-23-25-44(54-42)51(38-15-9-35(10-16-38)32(3)4)46-27-29-48(56-46)53(40-19-21-41(58)22-20-40)49-30-28-47(57-49)52(45-26-24-43(50)55-45)39-17-11-36(12-18-39)33(5)6/h7-33,54,57-58H,1-6H3. The van der Waals surface area contributed by atoms with Crippen LogP contribution in [0.1, 0.15) is 98.8 Å². The van der Waals surface area contributed by atoms with Crippen molar-refractivity contribution < 1.29 is 5.11 Å². The molecule has 286 valence electrons. The average Bonchev–Trinajstić information content (AvgIpc) is 4.07. The molecule has 5 heterocycles. The van der Waals surface area contributed by atoms with E-state index in [1.807, 2.05) is 12.1 Å². The fourth-order valence-electron chi connectivity index (χ4n) is 8.15. The van der Waals surface area contributed by atoms with Gasteiger partial charge in [-0.05, 0) is 117 Å². The van der Waals surface area contributed by atoms with Crippen molar-refractivity contribution in [1.82, 2.24) is 19.9 Å². The van der Waals surface area contributed by atoms with Crippen LogP contribution in [0.4, 0.5) is 0 Å². The molecular formula is C53H48N4O. The fourth-order valence-corrected chi connectivity index (χ4v) is 8.15. The first-order valence-electron chi connectivity index (χ1n) is 20.4. The number of benzene rings is 4. The maximum atomic E-state index is 10.3. The molecule has 3 N–H and O–H groups in total. The Morgan fingerprint density at radius 1 is 0.345 bits per heavy atom. The van der Waals surface area contributed by atoms with E-state index in [1.54, 1.807) is 12.1 Å². The molecule has 5 heteroatoms. The smallest absolute Gasteiger partial charge is 0.115 e. The van der Waals surface area contributed by atoms with Gasteiger partial charge >= 0.3 is 0 Å². The molecule has 9 rings (SSSR count). The van der Waals surface area contributed by atoms with Crippen LogP contribution in [-0.2, 0) is 0 Å². The zero-order valence-corrected chi connectivity index (χ0v) is 33.9. The third-order valence-corrected chi connectivity index (χ3v) is 11.5. The summed E-state index contributed by atoms with van der Waals surface area (Å²) in [5.41, 5.74) is 19.4. The second-order valence-corrected chi connectivity index (χ2v) is 16.4. The summed E-state index contributed by atoms with van der Waals surface area (Å²) in [5, 5.41) is 10.3. The first kappa shape index (κ1) is 36.9. The summed E-state index contributed by atoms with van der Waals surface area (Å²) in [6, 6.07) is 42.7. The largest absolute Gasteiger partial charge is 0.508 e. The highest BCUT2D eigenvalue weighted by Crippen LogP contribution is 2.39. The van der Waals surface area contributed by atoms with E-state index >= 15 is 0 Å². The lowest BCUT2D eigenvalue weighted by molar-refractivity contribution is 0.475. The van der Waals surface area contributed by atoms with Crippen molar-refractivity contribution in [3.8, 4) is 50.3 Å². The van der Waals surface area contributed by atoms with E-state index in [2.05, 4.69) is 173 Å².